The van der Waals surface area contributed by atoms with Crippen LogP contribution in [0, 0.1) is 13.8 Å². The minimum absolute atomic E-state index is 0.641. The van der Waals surface area contributed by atoms with Gasteiger partial charge in [-0.15, -0.1) is 0 Å². The molecule has 0 saturated heterocycles. The summed E-state index contributed by atoms with van der Waals surface area (Å²) in [6.07, 6.45) is 1.53. The van der Waals surface area contributed by atoms with Crippen LogP contribution in [0.4, 0.5) is 0 Å². The number of aliphatic carboxylic acids is 1. The molecule has 5 nitrogen and oxygen atoms in total. The van der Waals surface area contributed by atoms with Crippen LogP contribution in [0.2, 0.25) is 0 Å². The molecule has 1 N–H and O–H groups in total. The van der Waals surface area contributed by atoms with E-state index in [1.165, 1.54) is 5.56 Å². The number of carbonyl (C=O) groups is 1. The Hall–Kier alpha value is -3.44. The van der Waals surface area contributed by atoms with Gasteiger partial charge in [0, 0.05) is 29.1 Å². The largest absolute Gasteiger partial charge is 0.493 e. The van der Waals surface area contributed by atoms with Gasteiger partial charge in [-0.25, -0.2) is 4.79 Å². The normalized spacial score (nSPS) is 14.3. The van der Waals surface area contributed by atoms with Crippen molar-refractivity contribution in [3.63, 3.8) is 0 Å². The van der Waals surface area contributed by atoms with E-state index < -0.39 is 17.7 Å². The second-order valence-electron chi connectivity index (χ2n) is 9.94. The van der Waals surface area contributed by atoms with Crippen LogP contribution < -0.4 is 4.74 Å². The van der Waals surface area contributed by atoms with E-state index in [4.69, 9.17) is 14.5 Å². The minimum atomic E-state index is -1.12. The summed E-state index contributed by atoms with van der Waals surface area (Å²) in [5.41, 5.74) is 5.78. The molecule has 0 fully saturated rings. The second-order valence-corrected chi connectivity index (χ2v) is 9.94. The molecule has 3 aromatic carbocycles. The van der Waals surface area contributed by atoms with Crippen LogP contribution in [-0.4, -0.2) is 28.3 Å². The monoisotopic (exact) mass is 455 g/mol. The summed E-state index contributed by atoms with van der Waals surface area (Å²) in [4.78, 5) is 17.4. The van der Waals surface area contributed by atoms with Gasteiger partial charge in [0.2, 0.25) is 0 Å². The van der Waals surface area contributed by atoms with Gasteiger partial charge in [-0.3, -0.25) is 4.98 Å². The van der Waals surface area contributed by atoms with Crippen molar-refractivity contribution >= 4 is 27.6 Å². The predicted octanol–water partition coefficient (Wildman–Crippen LogP) is 6.55. The molecule has 0 bridgehead atoms. The van der Waals surface area contributed by atoms with Gasteiger partial charge in [0.1, 0.15) is 5.75 Å². The molecule has 5 heteroatoms. The molecule has 1 aliphatic heterocycles. The number of aryl methyl sites for hydroxylation is 1. The topological polar surface area (TPSA) is 68.7 Å². The van der Waals surface area contributed by atoms with Crippen LogP contribution in [0.3, 0.4) is 0 Å². The molecule has 0 saturated carbocycles. The number of benzene rings is 3. The molecule has 0 spiro atoms. The molecule has 4 aromatic rings. The van der Waals surface area contributed by atoms with E-state index in [1.807, 2.05) is 71.1 Å². The highest BCUT2D eigenvalue weighted by Gasteiger charge is 2.33. The van der Waals surface area contributed by atoms with Crippen LogP contribution in [0.5, 0.6) is 5.75 Å². The Bertz CT molecular complexity index is 1440. The van der Waals surface area contributed by atoms with Crippen molar-refractivity contribution in [2.75, 3.05) is 6.61 Å². The maximum Gasteiger partial charge on any atom is 0.337 e. The van der Waals surface area contributed by atoms with E-state index in [-0.39, 0.29) is 0 Å². The summed E-state index contributed by atoms with van der Waals surface area (Å²) in [6, 6.07) is 14.2. The summed E-state index contributed by atoms with van der Waals surface area (Å²) < 4.78 is 12.1. The lowest BCUT2D eigenvalue weighted by Crippen LogP contribution is -2.28. The molecule has 5 rings (SSSR count). The third-order valence-corrected chi connectivity index (χ3v) is 6.63. The van der Waals surface area contributed by atoms with Crippen molar-refractivity contribution in [2.45, 2.75) is 52.7 Å². The first-order valence-electron chi connectivity index (χ1n) is 11.6. The third-order valence-electron chi connectivity index (χ3n) is 6.63. The highest BCUT2D eigenvalue weighted by Crippen LogP contribution is 2.46. The molecule has 1 unspecified atom stereocenters. The van der Waals surface area contributed by atoms with Gasteiger partial charge in [-0.2, -0.15) is 0 Å². The molecule has 0 radical (unpaired) electrons. The average Bonchev–Trinajstić information content (AvgIpc) is 2.80. The molecule has 0 aliphatic carbocycles. The number of hydrogen-bond acceptors (Lipinski definition) is 4. The van der Waals surface area contributed by atoms with E-state index in [2.05, 4.69) is 12.1 Å². The number of nitrogens with zero attached hydrogens (tertiary/aromatic N) is 1. The Labute approximate surface area is 199 Å². The molecule has 0 amide bonds. The maximum atomic E-state index is 12.6. The average molecular weight is 456 g/mol. The summed E-state index contributed by atoms with van der Waals surface area (Å²) in [6.45, 7) is 10.3. The number of ether oxygens (including phenoxy) is 2. The molecule has 174 valence electrons. The number of carboxylic acids is 1. The quantitative estimate of drug-likeness (QED) is 0.378. The molecule has 2 heterocycles. The van der Waals surface area contributed by atoms with E-state index >= 15 is 0 Å². The molecule has 34 heavy (non-hydrogen) atoms. The number of pyridine rings is 1. The molecule has 1 atom stereocenters. The van der Waals surface area contributed by atoms with E-state index in [0.29, 0.717) is 12.2 Å². The number of fused-ring (bicyclic) bond motifs is 1. The highest BCUT2D eigenvalue weighted by atomic mass is 16.5. The van der Waals surface area contributed by atoms with Crippen molar-refractivity contribution < 1.29 is 19.4 Å². The Morgan fingerprint density at radius 3 is 2.50 bits per heavy atom. The van der Waals surface area contributed by atoms with Gasteiger partial charge in [0.25, 0.3) is 0 Å². The lowest BCUT2D eigenvalue weighted by molar-refractivity contribution is -0.160. The molecular weight excluding hydrogens is 426 g/mol. The molecule has 1 aromatic heterocycles. The summed E-state index contributed by atoms with van der Waals surface area (Å²) in [5.74, 6) is -0.184. The van der Waals surface area contributed by atoms with Crippen LogP contribution in [-0.2, 0) is 16.0 Å². The van der Waals surface area contributed by atoms with E-state index in [9.17, 15) is 9.90 Å². The summed E-state index contributed by atoms with van der Waals surface area (Å²) in [7, 11) is 0. The van der Waals surface area contributed by atoms with Gasteiger partial charge in [0.05, 0.1) is 17.7 Å². The van der Waals surface area contributed by atoms with Crippen molar-refractivity contribution in [3.8, 4) is 16.9 Å². The Morgan fingerprint density at radius 2 is 1.79 bits per heavy atom. The SMILES string of the molecule is Cc1c(C(OC(C)(C)C)C(=O)O)c(-c2ccc3c4c(ccnc24)CCO3)c2ccccc2c1C. The molecular formula is C29H29NO4. The van der Waals surface area contributed by atoms with Gasteiger partial charge < -0.3 is 14.6 Å². The van der Waals surface area contributed by atoms with Crippen LogP contribution in [0.25, 0.3) is 32.8 Å². The summed E-state index contributed by atoms with van der Waals surface area (Å²) in [5, 5.41) is 13.4. The Morgan fingerprint density at radius 1 is 1.06 bits per heavy atom. The van der Waals surface area contributed by atoms with E-state index in [0.717, 1.165) is 56.1 Å². The third kappa shape index (κ3) is 3.61. The summed E-state index contributed by atoms with van der Waals surface area (Å²) >= 11 is 0. The van der Waals surface area contributed by atoms with Crippen LogP contribution >= 0.6 is 0 Å². The minimum Gasteiger partial charge on any atom is -0.493 e. The van der Waals surface area contributed by atoms with Crippen molar-refractivity contribution in [1.82, 2.24) is 4.98 Å². The first-order valence-corrected chi connectivity index (χ1v) is 11.6. The predicted molar refractivity (Wildman–Crippen MR) is 135 cm³/mol. The number of aromatic nitrogens is 1. The fraction of sp³-hybridized carbons (Fsp3) is 0.310. The van der Waals surface area contributed by atoms with Crippen LogP contribution in [0.15, 0.2) is 48.7 Å². The lowest BCUT2D eigenvalue weighted by Gasteiger charge is -2.30. The van der Waals surface area contributed by atoms with Gasteiger partial charge in [0.15, 0.2) is 6.10 Å². The fourth-order valence-electron chi connectivity index (χ4n) is 5.07. The molecule has 1 aliphatic rings. The van der Waals surface area contributed by atoms with Gasteiger partial charge >= 0.3 is 5.97 Å². The van der Waals surface area contributed by atoms with Crippen molar-refractivity contribution in [1.29, 1.82) is 0 Å². The number of carboxylic acid groups (broad SMARTS) is 1. The lowest BCUT2D eigenvalue weighted by atomic mass is 9.83. The zero-order valence-corrected chi connectivity index (χ0v) is 20.2. The van der Waals surface area contributed by atoms with Gasteiger partial charge in [-0.1, -0.05) is 24.3 Å². The first kappa shape index (κ1) is 22.4. The maximum absolute atomic E-state index is 12.6. The number of rotatable bonds is 4. The smallest absolute Gasteiger partial charge is 0.337 e. The Kier molecular flexibility index (Phi) is 5.33. The standard InChI is InChI=1S/C29H29NO4/c1-16-17(2)23(27(28(31)32)34-29(3,4)5)25(20-9-7-6-8-19(16)20)21-10-11-22-24-18(13-15-33-22)12-14-30-26(21)24/h6-12,14,27H,13,15H2,1-5H3,(H,31,32). The zero-order chi connectivity index (χ0) is 24.2. The van der Waals surface area contributed by atoms with E-state index in [1.54, 1.807) is 0 Å². The van der Waals surface area contributed by atoms with Crippen LogP contribution in [0.1, 0.15) is 49.1 Å². The Balaban J connectivity index is 1.94. The van der Waals surface area contributed by atoms with Gasteiger partial charge in [-0.05, 0) is 85.8 Å². The highest BCUT2D eigenvalue weighted by molar-refractivity contribution is 6.09. The second kappa shape index (κ2) is 8.10. The van der Waals surface area contributed by atoms with Crippen molar-refractivity contribution in [2.24, 2.45) is 0 Å². The van der Waals surface area contributed by atoms with Crippen molar-refractivity contribution in [3.05, 3.63) is 70.9 Å². The fourth-order valence-corrected chi connectivity index (χ4v) is 5.07. The number of hydrogen-bond donors (Lipinski definition) is 1. The zero-order valence-electron chi connectivity index (χ0n) is 20.2. The first-order chi connectivity index (χ1) is 16.2.